The van der Waals surface area contributed by atoms with Crippen LogP contribution in [0.3, 0.4) is 0 Å². The highest BCUT2D eigenvalue weighted by Gasteiger charge is 2.24. The number of amides is 1. The van der Waals surface area contributed by atoms with Gasteiger partial charge in [0.25, 0.3) is 5.91 Å². The fraction of sp³-hybridized carbons (Fsp3) is 0.267. The first kappa shape index (κ1) is 13.6. The summed E-state index contributed by atoms with van der Waals surface area (Å²) in [6, 6.07) is 1.72. The van der Waals surface area contributed by atoms with Gasteiger partial charge in [-0.05, 0) is 24.8 Å². The number of nitrogens with zero attached hydrogens (tertiary/aromatic N) is 5. The van der Waals surface area contributed by atoms with E-state index >= 15 is 0 Å². The Hall–Kier alpha value is -3.03. The van der Waals surface area contributed by atoms with Gasteiger partial charge in [-0.3, -0.25) is 4.79 Å². The Kier molecular flexibility index (Phi) is 3.34. The van der Waals surface area contributed by atoms with E-state index < -0.39 is 0 Å². The van der Waals surface area contributed by atoms with Crippen LogP contribution >= 0.6 is 0 Å². The quantitative estimate of drug-likeness (QED) is 0.772. The standard InChI is InChI=1S/C15H14N6O2/c22-14(12-9-23-13(20-12)6-10-2-3-10)19-11-7-18-21(8-11)15-16-4-1-5-17-15/h1,4-5,7-10H,2-3,6H2,(H,19,22). The number of hydrogen-bond acceptors (Lipinski definition) is 6. The van der Waals surface area contributed by atoms with Gasteiger partial charge in [-0.1, -0.05) is 0 Å². The summed E-state index contributed by atoms with van der Waals surface area (Å²) in [5.41, 5.74) is 0.804. The second-order valence-corrected chi connectivity index (χ2v) is 5.45. The molecule has 0 atom stereocenters. The molecule has 0 radical (unpaired) electrons. The molecular formula is C15H14N6O2. The molecule has 0 unspecified atom stereocenters. The minimum absolute atomic E-state index is 0.268. The molecule has 1 N–H and O–H groups in total. The molecule has 3 aromatic rings. The lowest BCUT2D eigenvalue weighted by atomic mass is 10.3. The number of rotatable bonds is 5. The molecule has 4 rings (SSSR count). The van der Waals surface area contributed by atoms with Crippen LogP contribution in [0.25, 0.3) is 5.95 Å². The first-order valence-electron chi connectivity index (χ1n) is 7.36. The Bertz CT molecular complexity index is 821. The van der Waals surface area contributed by atoms with Crippen LogP contribution in [0.1, 0.15) is 29.2 Å². The lowest BCUT2D eigenvalue weighted by Crippen LogP contribution is -2.12. The molecule has 116 valence electrons. The monoisotopic (exact) mass is 310 g/mol. The van der Waals surface area contributed by atoms with Crippen LogP contribution in [0.5, 0.6) is 0 Å². The third kappa shape index (κ3) is 3.10. The van der Waals surface area contributed by atoms with E-state index in [1.165, 1.54) is 30.0 Å². The molecule has 1 saturated carbocycles. The molecule has 1 aliphatic rings. The fourth-order valence-corrected chi connectivity index (χ4v) is 2.18. The Morgan fingerprint density at radius 1 is 1.35 bits per heavy atom. The Balaban J connectivity index is 1.44. The van der Waals surface area contributed by atoms with E-state index in [1.54, 1.807) is 24.7 Å². The van der Waals surface area contributed by atoms with Gasteiger partial charge >= 0.3 is 0 Å². The van der Waals surface area contributed by atoms with E-state index in [0.717, 1.165) is 6.42 Å². The van der Waals surface area contributed by atoms with Gasteiger partial charge in [0.2, 0.25) is 5.95 Å². The van der Waals surface area contributed by atoms with E-state index in [1.807, 2.05) is 0 Å². The van der Waals surface area contributed by atoms with Crippen molar-refractivity contribution in [1.82, 2.24) is 24.7 Å². The maximum Gasteiger partial charge on any atom is 0.277 e. The van der Waals surface area contributed by atoms with Crippen molar-refractivity contribution in [1.29, 1.82) is 0 Å². The van der Waals surface area contributed by atoms with Gasteiger partial charge < -0.3 is 9.73 Å². The second-order valence-electron chi connectivity index (χ2n) is 5.45. The molecule has 0 saturated heterocycles. The highest BCUT2D eigenvalue weighted by molar-refractivity contribution is 6.02. The normalized spacial score (nSPS) is 13.9. The average molecular weight is 310 g/mol. The van der Waals surface area contributed by atoms with Crippen LogP contribution in [-0.2, 0) is 6.42 Å². The van der Waals surface area contributed by atoms with Gasteiger partial charge in [0.15, 0.2) is 11.6 Å². The maximum atomic E-state index is 12.2. The number of oxazole rings is 1. The molecule has 8 nitrogen and oxygen atoms in total. The Morgan fingerprint density at radius 2 is 2.17 bits per heavy atom. The van der Waals surface area contributed by atoms with Crippen LogP contribution in [0.15, 0.2) is 41.5 Å². The van der Waals surface area contributed by atoms with E-state index in [9.17, 15) is 4.79 Å². The predicted molar refractivity (Wildman–Crippen MR) is 80.0 cm³/mol. The molecule has 0 spiro atoms. The molecule has 1 fully saturated rings. The summed E-state index contributed by atoms with van der Waals surface area (Å²) in [7, 11) is 0. The smallest absolute Gasteiger partial charge is 0.277 e. The summed E-state index contributed by atoms with van der Waals surface area (Å²) < 4.78 is 6.82. The summed E-state index contributed by atoms with van der Waals surface area (Å²) in [5, 5.41) is 6.85. The number of carbonyl (C=O) groups is 1. The van der Waals surface area contributed by atoms with Crippen LogP contribution in [0.4, 0.5) is 5.69 Å². The lowest BCUT2D eigenvalue weighted by Gasteiger charge is -1.98. The van der Waals surface area contributed by atoms with Crippen molar-refractivity contribution in [2.75, 3.05) is 5.32 Å². The zero-order chi connectivity index (χ0) is 15.6. The minimum Gasteiger partial charge on any atom is -0.448 e. The number of hydrogen-bond donors (Lipinski definition) is 1. The zero-order valence-corrected chi connectivity index (χ0v) is 12.2. The summed E-state index contributed by atoms with van der Waals surface area (Å²) in [4.78, 5) is 24.6. The maximum absolute atomic E-state index is 12.2. The van der Waals surface area contributed by atoms with Crippen molar-refractivity contribution >= 4 is 11.6 Å². The van der Waals surface area contributed by atoms with Crippen molar-refractivity contribution in [2.24, 2.45) is 5.92 Å². The number of nitrogens with one attached hydrogen (secondary N) is 1. The van der Waals surface area contributed by atoms with E-state index in [4.69, 9.17) is 4.42 Å². The molecule has 3 heterocycles. The van der Waals surface area contributed by atoms with Crippen LogP contribution < -0.4 is 5.32 Å². The molecule has 3 aromatic heterocycles. The van der Waals surface area contributed by atoms with Crippen molar-refractivity contribution < 1.29 is 9.21 Å². The first-order chi connectivity index (χ1) is 11.3. The van der Waals surface area contributed by atoms with Crippen LogP contribution in [-0.4, -0.2) is 30.6 Å². The fourth-order valence-electron chi connectivity index (χ4n) is 2.18. The molecule has 0 aliphatic heterocycles. The second kappa shape index (κ2) is 5.64. The lowest BCUT2D eigenvalue weighted by molar-refractivity contribution is 0.102. The van der Waals surface area contributed by atoms with E-state index in [-0.39, 0.29) is 11.6 Å². The van der Waals surface area contributed by atoms with Gasteiger partial charge in [0.05, 0.1) is 18.1 Å². The number of carbonyl (C=O) groups excluding carboxylic acids is 1. The van der Waals surface area contributed by atoms with Gasteiger partial charge in [0.1, 0.15) is 6.26 Å². The Labute approximate surface area is 131 Å². The SMILES string of the molecule is O=C(Nc1cnn(-c2ncccn2)c1)c1coc(CC2CC2)n1. The molecule has 0 aromatic carbocycles. The predicted octanol–water partition coefficient (Wildman–Crippen LogP) is 1.86. The summed E-state index contributed by atoms with van der Waals surface area (Å²) >= 11 is 0. The van der Waals surface area contributed by atoms with Crippen molar-refractivity contribution in [3.63, 3.8) is 0 Å². The third-order valence-electron chi connectivity index (χ3n) is 3.54. The summed E-state index contributed by atoms with van der Waals surface area (Å²) in [5.74, 6) is 1.38. The molecule has 8 heteroatoms. The third-order valence-corrected chi connectivity index (χ3v) is 3.54. The van der Waals surface area contributed by atoms with Gasteiger partial charge in [0, 0.05) is 18.8 Å². The van der Waals surface area contributed by atoms with Gasteiger partial charge in [-0.2, -0.15) is 5.10 Å². The molecule has 0 bridgehead atoms. The molecular weight excluding hydrogens is 296 g/mol. The molecule has 23 heavy (non-hydrogen) atoms. The highest BCUT2D eigenvalue weighted by Crippen LogP contribution is 2.32. The van der Waals surface area contributed by atoms with Gasteiger partial charge in [-0.15, -0.1) is 0 Å². The van der Waals surface area contributed by atoms with Crippen LogP contribution in [0, 0.1) is 5.92 Å². The topological polar surface area (TPSA) is 98.7 Å². The van der Waals surface area contributed by atoms with E-state index in [2.05, 4.69) is 25.4 Å². The number of aromatic nitrogens is 5. The van der Waals surface area contributed by atoms with E-state index in [0.29, 0.717) is 23.4 Å². The largest absolute Gasteiger partial charge is 0.448 e. The van der Waals surface area contributed by atoms with Crippen molar-refractivity contribution in [2.45, 2.75) is 19.3 Å². The zero-order valence-electron chi connectivity index (χ0n) is 12.2. The van der Waals surface area contributed by atoms with Gasteiger partial charge in [-0.25, -0.2) is 19.6 Å². The van der Waals surface area contributed by atoms with Crippen LogP contribution in [0.2, 0.25) is 0 Å². The first-order valence-corrected chi connectivity index (χ1v) is 7.36. The average Bonchev–Trinajstić information content (AvgIpc) is 3.07. The summed E-state index contributed by atoms with van der Waals surface area (Å²) in [6.07, 6.45) is 11.0. The Morgan fingerprint density at radius 3 is 2.96 bits per heavy atom. The number of anilines is 1. The minimum atomic E-state index is -0.329. The van der Waals surface area contributed by atoms with Crippen molar-refractivity contribution in [3.05, 3.63) is 48.7 Å². The summed E-state index contributed by atoms with van der Waals surface area (Å²) in [6.45, 7) is 0. The highest BCUT2D eigenvalue weighted by atomic mass is 16.3. The van der Waals surface area contributed by atoms with Crippen molar-refractivity contribution in [3.8, 4) is 5.95 Å². The molecule has 1 amide bonds. The molecule has 1 aliphatic carbocycles.